The van der Waals surface area contributed by atoms with Crippen LogP contribution in [0.1, 0.15) is 24.4 Å². The third-order valence-electron chi connectivity index (χ3n) is 2.54. The van der Waals surface area contributed by atoms with E-state index in [9.17, 15) is 8.78 Å². The zero-order valence-corrected chi connectivity index (χ0v) is 8.19. The summed E-state index contributed by atoms with van der Waals surface area (Å²) in [6.45, 7) is 0. The highest BCUT2D eigenvalue weighted by Gasteiger charge is 2.33. The van der Waals surface area contributed by atoms with Gasteiger partial charge in [0.2, 0.25) is 0 Å². The van der Waals surface area contributed by atoms with E-state index in [1.807, 2.05) is 0 Å². The fourth-order valence-corrected chi connectivity index (χ4v) is 1.70. The van der Waals surface area contributed by atoms with Crippen LogP contribution in [-0.2, 0) is 0 Å². The smallest absolute Gasteiger partial charge is 0.149 e. The van der Waals surface area contributed by atoms with Crippen LogP contribution in [0.4, 0.5) is 8.78 Å². The molecule has 0 radical (unpaired) electrons. The standard InChI is InChI=1S/C10H10ClF2N/c11-6-3-4-7(12)8(9(6)13)10(14)5-1-2-5/h3-5,10H,1-2,14H2/t10-/m1/s1. The summed E-state index contributed by atoms with van der Waals surface area (Å²) in [5.41, 5.74) is 5.66. The Morgan fingerprint density at radius 1 is 1.36 bits per heavy atom. The lowest BCUT2D eigenvalue weighted by molar-refractivity contribution is 0.504. The molecule has 76 valence electrons. The van der Waals surface area contributed by atoms with E-state index < -0.39 is 17.7 Å². The molecule has 1 fully saturated rings. The van der Waals surface area contributed by atoms with Crippen molar-refractivity contribution < 1.29 is 8.78 Å². The molecule has 2 N–H and O–H groups in total. The molecule has 2 rings (SSSR count). The molecular formula is C10H10ClF2N. The Labute approximate surface area is 85.9 Å². The molecule has 0 aromatic heterocycles. The van der Waals surface area contributed by atoms with E-state index in [1.165, 1.54) is 6.07 Å². The molecule has 0 aliphatic heterocycles. The van der Waals surface area contributed by atoms with Gasteiger partial charge in [0.1, 0.15) is 11.6 Å². The number of halogens is 3. The SMILES string of the molecule is N[C@@H](c1c(F)ccc(Cl)c1F)C1CC1. The molecule has 1 aliphatic rings. The monoisotopic (exact) mass is 217 g/mol. The van der Waals surface area contributed by atoms with Gasteiger partial charge in [0.25, 0.3) is 0 Å². The van der Waals surface area contributed by atoms with E-state index in [-0.39, 0.29) is 16.5 Å². The van der Waals surface area contributed by atoms with Gasteiger partial charge in [-0.3, -0.25) is 0 Å². The van der Waals surface area contributed by atoms with Gasteiger partial charge in [-0.15, -0.1) is 0 Å². The average molecular weight is 218 g/mol. The molecule has 0 bridgehead atoms. The third kappa shape index (κ3) is 1.62. The van der Waals surface area contributed by atoms with Gasteiger partial charge in [0.05, 0.1) is 5.02 Å². The van der Waals surface area contributed by atoms with E-state index in [2.05, 4.69) is 0 Å². The van der Waals surface area contributed by atoms with Crippen molar-refractivity contribution in [1.82, 2.24) is 0 Å². The zero-order valence-electron chi connectivity index (χ0n) is 7.43. The lowest BCUT2D eigenvalue weighted by Gasteiger charge is -2.13. The highest BCUT2D eigenvalue weighted by Crippen LogP contribution is 2.41. The Morgan fingerprint density at radius 2 is 2.00 bits per heavy atom. The van der Waals surface area contributed by atoms with Gasteiger partial charge in [-0.1, -0.05) is 11.6 Å². The predicted octanol–water partition coefficient (Wildman–Crippen LogP) is 3.03. The summed E-state index contributed by atoms with van der Waals surface area (Å²) < 4.78 is 26.7. The number of hydrogen-bond donors (Lipinski definition) is 1. The largest absolute Gasteiger partial charge is 0.324 e. The van der Waals surface area contributed by atoms with Crippen molar-refractivity contribution in [1.29, 1.82) is 0 Å². The van der Waals surface area contributed by atoms with Crippen LogP contribution in [0.2, 0.25) is 5.02 Å². The van der Waals surface area contributed by atoms with Gasteiger partial charge in [-0.2, -0.15) is 0 Å². The lowest BCUT2D eigenvalue weighted by atomic mass is 10.0. The molecule has 4 heteroatoms. The normalized spacial score (nSPS) is 18.3. The molecule has 1 nitrogen and oxygen atoms in total. The summed E-state index contributed by atoms with van der Waals surface area (Å²) in [4.78, 5) is 0. The van der Waals surface area contributed by atoms with Gasteiger partial charge < -0.3 is 5.73 Å². The average Bonchev–Trinajstić information content (AvgIpc) is 2.95. The van der Waals surface area contributed by atoms with E-state index in [0.29, 0.717) is 0 Å². The van der Waals surface area contributed by atoms with E-state index in [0.717, 1.165) is 18.9 Å². The number of rotatable bonds is 2. The quantitative estimate of drug-likeness (QED) is 0.758. The number of hydrogen-bond acceptors (Lipinski definition) is 1. The highest BCUT2D eigenvalue weighted by atomic mass is 35.5. The summed E-state index contributed by atoms with van der Waals surface area (Å²) in [6.07, 6.45) is 1.87. The van der Waals surface area contributed by atoms with Gasteiger partial charge >= 0.3 is 0 Å². The predicted molar refractivity (Wildman–Crippen MR) is 51.0 cm³/mol. The summed E-state index contributed by atoms with van der Waals surface area (Å²) >= 11 is 5.56. The van der Waals surface area contributed by atoms with Crippen molar-refractivity contribution in [2.24, 2.45) is 11.7 Å². The maximum absolute atomic E-state index is 13.4. The van der Waals surface area contributed by atoms with Crippen molar-refractivity contribution in [3.8, 4) is 0 Å². The first-order valence-corrected chi connectivity index (χ1v) is 4.88. The summed E-state index contributed by atoms with van der Waals surface area (Å²) in [5.74, 6) is -1.12. The van der Waals surface area contributed by atoms with Crippen LogP contribution in [0.25, 0.3) is 0 Å². The van der Waals surface area contributed by atoms with Crippen LogP contribution >= 0.6 is 11.6 Å². The molecule has 0 saturated heterocycles. The molecule has 1 aliphatic carbocycles. The van der Waals surface area contributed by atoms with Gasteiger partial charge in [-0.25, -0.2) is 8.78 Å². The van der Waals surface area contributed by atoms with Crippen LogP contribution in [0.15, 0.2) is 12.1 Å². The summed E-state index contributed by atoms with van der Waals surface area (Å²) in [5, 5.41) is -0.0718. The second-order valence-corrected chi connectivity index (χ2v) is 4.03. The Bertz CT molecular complexity index is 363. The number of nitrogens with two attached hydrogens (primary N) is 1. The third-order valence-corrected chi connectivity index (χ3v) is 2.83. The molecule has 1 atom stereocenters. The Balaban J connectivity index is 2.43. The molecule has 1 aromatic carbocycles. The van der Waals surface area contributed by atoms with Crippen molar-refractivity contribution in [3.63, 3.8) is 0 Å². The van der Waals surface area contributed by atoms with Crippen LogP contribution in [0, 0.1) is 17.6 Å². The minimum absolute atomic E-state index is 0.0694. The molecule has 0 amide bonds. The molecule has 0 heterocycles. The van der Waals surface area contributed by atoms with Crippen molar-refractivity contribution in [3.05, 3.63) is 34.4 Å². The molecule has 1 aromatic rings. The van der Waals surface area contributed by atoms with Crippen molar-refractivity contribution >= 4 is 11.6 Å². The van der Waals surface area contributed by atoms with Gasteiger partial charge in [0.15, 0.2) is 0 Å². The first-order chi connectivity index (χ1) is 6.61. The lowest BCUT2D eigenvalue weighted by Crippen LogP contribution is -2.16. The van der Waals surface area contributed by atoms with Crippen molar-refractivity contribution in [2.45, 2.75) is 18.9 Å². The number of benzene rings is 1. The minimum Gasteiger partial charge on any atom is -0.324 e. The fraction of sp³-hybridized carbons (Fsp3) is 0.400. The maximum Gasteiger partial charge on any atom is 0.149 e. The summed E-state index contributed by atoms with van der Waals surface area (Å²) in [7, 11) is 0. The second-order valence-electron chi connectivity index (χ2n) is 3.62. The van der Waals surface area contributed by atoms with Crippen molar-refractivity contribution in [2.75, 3.05) is 0 Å². The molecule has 14 heavy (non-hydrogen) atoms. The van der Waals surface area contributed by atoms with E-state index in [4.69, 9.17) is 17.3 Å². The van der Waals surface area contributed by atoms with E-state index >= 15 is 0 Å². The zero-order chi connectivity index (χ0) is 10.3. The minimum atomic E-state index is -0.717. The Morgan fingerprint density at radius 3 is 2.57 bits per heavy atom. The first kappa shape index (κ1) is 9.87. The summed E-state index contributed by atoms with van der Waals surface area (Å²) in [6, 6.07) is 1.80. The highest BCUT2D eigenvalue weighted by molar-refractivity contribution is 6.30. The maximum atomic E-state index is 13.4. The second kappa shape index (κ2) is 3.48. The van der Waals surface area contributed by atoms with Crippen LogP contribution in [0.5, 0.6) is 0 Å². The molecular weight excluding hydrogens is 208 g/mol. The fourth-order valence-electron chi connectivity index (χ4n) is 1.54. The van der Waals surface area contributed by atoms with Gasteiger partial charge in [0, 0.05) is 11.6 Å². The van der Waals surface area contributed by atoms with Crippen LogP contribution < -0.4 is 5.73 Å². The first-order valence-electron chi connectivity index (χ1n) is 4.50. The van der Waals surface area contributed by atoms with E-state index in [1.54, 1.807) is 0 Å². The Hall–Kier alpha value is -0.670. The topological polar surface area (TPSA) is 26.0 Å². The van der Waals surface area contributed by atoms with Gasteiger partial charge in [-0.05, 0) is 30.9 Å². The molecule has 1 saturated carbocycles. The molecule has 0 unspecified atom stereocenters. The van der Waals surface area contributed by atoms with Crippen LogP contribution in [0.3, 0.4) is 0 Å². The van der Waals surface area contributed by atoms with Crippen LogP contribution in [-0.4, -0.2) is 0 Å². The Kier molecular flexibility index (Phi) is 2.45. The molecule has 0 spiro atoms.